The Morgan fingerprint density at radius 3 is 1.95 bits per heavy atom. The SMILES string of the molecule is CC[C@H](C(=O)NC(C)(C)C)N(Cc1ccc(Cl)c(Cl)c1)C(=O)CN(c1ccc(C)cc1)S(=O)(=O)c1ccc(C)cc1. The maximum Gasteiger partial charge on any atom is 0.264 e. The Morgan fingerprint density at radius 1 is 0.878 bits per heavy atom. The highest BCUT2D eigenvalue weighted by Gasteiger charge is 2.34. The number of amides is 2. The average molecular weight is 619 g/mol. The molecule has 0 aliphatic carbocycles. The van der Waals surface area contributed by atoms with Gasteiger partial charge in [-0.1, -0.05) is 71.6 Å². The molecule has 0 unspecified atom stereocenters. The minimum absolute atomic E-state index is 0.0259. The lowest BCUT2D eigenvalue weighted by Crippen LogP contribution is -2.55. The maximum atomic E-state index is 14.1. The molecule has 0 aliphatic heterocycles. The van der Waals surface area contributed by atoms with Crippen molar-refractivity contribution in [3.8, 4) is 0 Å². The van der Waals surface area contributed by atoms with Crippen molar-refractivity contribution in [3.05, 3.63) is 93.5 Å². The number of nitrogens with one attached hydrogen (secondary N) is 1. The number of benzene rings is 3. The summed E-state index contributed by atoms with van der Waals surface area (Å²) in [6.45, 7) is 10.7. The van der Waals surface area contributed by atoms with Crippen LogP contribution < -0.4 is 9.62 Å². The van der Waals surface area contributed by atoms with Gasteiger partial charge in [-0.05, 0) is 83.0 Å². The quantitative estimate of drug-likeness (QED) is 0.280. The first-order chi connectivity index (χ1) is 19.1. The third-order valence-corrected chi connectivity index (χ3v) is 8.96. The van der Waals surface area contributed by atoms with Crippen molar-refractivity contribution in [2.45, 2.75) is 71.0 Å². The molecule has 0 bridgehead atoms. The van der Waals surface area contributed by atoms with E-state index in [-0.39, 0.29) is 17.3 Å². The molecule has 0 heterocycles. The van der Waals surface area contributed by atoms with E-state index in [1.54, 1.807) is 54.6 Å². The van der Waals surface area contributed by atoms with E-state index in [1.165, 1.54) is 17.0 Å². The third-order valence-electron chi connectivity index (χ3n) is 6.43. The molecule has 220 valence electrons. The first-order valence-corrected chi connectivity index (χ1v) is 15.5. The summed E-state index contributed by atoms with van der Waals surface area (Å²) in [5, 5.41) is 3.63. The predicted molar refractivity (Wildman–Crippen MR) is 166 cm³/mol. The number of sulfonamides is 1. The minimum Gasteiger partial charge on any atom is -0.350 e. The van der Waals surface area contributed by atoms with Gasteiger partial charge in [0, 0.05) is 12.1 Å². The van der Waals surface area contributed by atoms with Gasteiger partial charge in [-0.3, -0.25) is 13.9 Å². The van der Waals surface area contributed by atoms with Crippen molar-refractivity contribution in [1.29, 1.82) is 0 Å². The van der Waals surface area contributed by atoms with Gasteiger partial charge in [0.1, 0.15) is 12.6 Å². The van der Waals surface area contributed by atoms with Crippen LogP contribution in [0.3, 0.4) is 0 Å². The molecule has 7 nitrogen and oxygen atoms in total. The van der Waals surface area contributed by atoms with Gasteiger partial charge >= 0.3 is 0 Å². The second-order valence-corrected chi connectivity index (χ2v) is 13.8. The summed E-state index contributed by atoms with van der Waals surface area (Å²) in [7, 11) is -4.13. The number of carbonyl (C=O) groups excluding carboxylic acids is 2. The van der Waals surface area contributed by atoms with Crippen LogP contribution in [-0.2, 0) is 26.2 Å². The lowest BCUT2D eigenvalue weighted by Gasteiger charge is -2.35. The van der Waals surface area contributed by atoms with Crippen molar-refractivity contribution in [2.75, 3.05) is 10.8 Å². The monoisotopic (exact) mass is 617 g/mol. The molecule has 10 heteroatoms. The van der Waals surface area contributed by atoms with Crippen LogP contribution >= 0.6 is 23.2 Å². The van der Waals surface area contributed by atoms with Crippen molar-refractivity contribution < 1.29 is 18.0 Å². The molecular weight excluding hydrogens is 581 g/mol. The van der Waals surface area contributed by atoms with Gasteiger partial charge in [-0.25, -0.2) is 8.42 Å². The van der Waals surface area contributed by atoms with Gasteiger partial charge in [-0.2, -0.15) is 0 Å². The molecule has 0 radical (unpaired) electrons. The fourth-order valence-corrected chi connectivity index (χ4v) is 6.02. The molecule has 2 amide bonds. The molecule has 0 saturated carbocycles. The summed E-state index contributed by atoms with van der Waals surface area (Å²) in [6.07, 6.45) is 0.310. The van der Waals surface area contributed by atoms with E-state index in [9.17, 15) is 18.0 Å². The van der Waals surface area contributed by atoms with Crippen LogP contribution in [0, 0.1) is 13.8 Å². The normalized spacial score (nSPS) is 12.5. The third kappa shape index (κ3) is 8.47. The Morgan fingerprint density at radius 2 is 1.44 bits per heavy atom. The molecular formula is C31H37Cl2N3O4S. The van der Waals surface area contributed by atoms with Gasteiger partial charge < -0.3 is 10.2 Å². The standard InChI is InChI=1S/C31H37Cl2N3O4S/c1-7-28(30(38)34-31(4,5)6)35(19-23-12-17-26(32)27(33)18-23)29(37)20-36(24-13-8-21(2)9-14-24)41(39,40)25-15-10-22(3)11-16-25/h8-18,28H,7,19-20H2,1-6H3,(H,34,38)/t28-/m1/s1. The van der Waals surface area contributed by atoms with E-state index in [2.05, 4.69) is 5.32 Å². The fraction of sp³-hybridized carbons (Fsp3) is 0.355. The van der Waals surface area contributed by atoms with Crippen LogP contribution in [0.1, 0.15) is 50.8 Å². The Balaban J connectivity index is 2.08. The van der Waals surface area contributed by atoms with E-state index in [0.717, 1.165) is 15.4 Å². The molecule has 1 N–H and O–H groups in total. The number of nitrogens with zero attached hydrogens (tertiary/aromatic N) is 2. The van der Waals surface area contributed by atoms with Gasteiger partial charge in [-0.15, -0.1) is 0 Å². The number of aryl methyl sites for hydroxylation is 2. The summed E-state index contributed by atoms with van der Waals surface area (Å²) < 4.78 is 29.0. The zero-order valence-corrected chi connectivity index (χ0v) is 26.6. The number of anilines is 1. The highest BCUT2D eigenvalue weighted by atomic mass is 35.5. The van der Waals surface area contributed by atoms with Crippen LogP contribution in [0.25, 0.3) is 0 Å². The minimum atomic E-state index is -4.13. The number of halogens is 2. The molecule has 3 aromatic rings. The number of hydrogen-bond donors (Lipinski definition) is 1. The summed E-state index contributed by atoms with van der Waals surface area (Å²) in [5.41, 5.74) is 2.31. The molecule has 41 heavy (non-hydrogen) atoms. The van der Waals surface area contributed by atoms with Crippen molar-refractivity contribution >= 4 is 50.7 Å². The van der Waals surface area contributed by atoms with Crippen LogP contribution in [0.2, 0.25) is 10.0 Å². The van der Waals surface area contributed by atoms with E-state index in [0.29, 0.717) is 27.7 Å². The summed E-state index contributed by atoms with van der Waals surface area (Å²) in [6, 6.07) is 17.5. The predicted octanol–water partition coefficient (Wildman–Crippen LogP) is 6.53. The lowest BCUT2D eigenvalue weighted by molar-refractivity contribution is -0.141. The molecule has 0 saturated heterocycles. The Hall–Kier alpha value is -3.07. The van der Waals surface area contributed by atoms with Gasteiger partial charge in [0.15, 0.2) is 0 Å². The maximum absolute atomic E-state index is 14.1. The average Bonchev–Trinajstić information content (AvgIpc) is 2.89. The van der Waals surface area contributed by atoms with E-state index in [1.807, 2.05) is 41.5 Å². The zero-order valence-electron chi connectivity index (χ0n) is 24.2. The van der Waals surface area contributed by atoms with Crippen molar-refractivity contribution in [1.82, 2.24) is 10.2 Å². The molecule has 0 fully saturated rings. The Bertz CT molecular complexity index is 1490. The zero-order chi connectivity index (χ0) is 30.5. The largest absolute Gasteiger partial charge is 0.350 e. The lowest BCUT2D eigenvalue weighted by atomic mass is 10.1. The second-order valence-electron chi connectivity index (χ2n) is 11.1. The van der Waals surface area contributed by atoms with Crippen molar-refractivity contribution in [3.63, 3.8) is 0 Å². The van der Waals surface area contributed by atoms with E-state index < -0.39 is 34.1 Å². The molecule has 1 atom stereocenters. The van der Waals surface area contributed by atoms with Crippen LogP contribution in [-0.4, -0.2) is 43.3 Å². The number of rotatable bonds is 10. The molecule has 3 aromatic carbocycles. The topological polar surface area (TPSA) is 86.8 Å². The van der Waals surface area contributed by atoms with Crippen LogP contribution in [0.15, 0.2) is 71.6 Å². The second kappa shape index (κ2) is 13.3. The Labute approximate surface area is 253 Å². The highest BCUT2D eigenvalue weighted by molar-refractivity contribution is 7.92. The summed E-state index contributed by atoms with van der Waals surface area (Å²) in [5.74, 6) is -0.875. The number of carbonyl (C=O) groups is 2. The number of hydrogen-bond acceptors (Lipinski definition) is 4. The molecule has 0 aromatic heterocycles. The Kier molecular flexibility index (Phi) is 10.5. The van der Waals surface area contributed by atoms with E-state index in [4.69, 9.17) is 23.2 Å². The van der Waals surface area contributed by atoms with Gasteiger partial charge in [0.25, 0.3) is 10.0 Å². The van der Waals surface area contributed by atoms with Crippen molar-refractivity contribution in [2.24, 2.45) is 0 Å². The summed E-state index contributed by atoms with van der Waals surface area (Å²) in [4.78, 5) is 29.0. The first kappa shape index (κ1) is 32.4. The van der Waals surface area contributed by atoms with Gasteiger partial charge in [0.2, 0.25) is 11.8 Å². The van der Waals surface area contributed by atoms with Gasteiger partial charge in [0.05, 0.1) is 20.6 Å². The van der Waals surface area contributed by atoms with Crippen LogP contribution in [0.5, 0.6) is 0 Å². The molecule has 0 spiro atoms. The molecule has 0 aliphatic rings. The fourth-order valence-electron chi connectivity index (χ4n) is 4.28. The van der Waals surface area contributed by atoms with E-state index >= 15 is 0 Å². The van der Waals surface area contributed by atoms with Crippen LogP contribution in [0.4, 0.5) is 5.69 Å². The highest BCUT2D eigenvalue weighted by Crippen LogP contribution is 2.27. The summed E-state index contributed by atoms with van der Waals surface area (Å²) >= 11 is 12.4. The smallest absolute Gasteiger partial charge is 0.264 e. The first-order valence-electron chi connectivity index (χ1n) is 13.3. The molecule has 3 rings (SSSR count).